The minimum absolute atomic E-state index is 0.0800. The van der Waals surface area contributed by atoms with Crippen molar-refractivity contribution in [1.29, 1.82) is 0 Å². The average molecular weight is 464 g/mol. The maximum absolute atomic E-state index is 14.8. The van der Waals surface area contributed by atoms with Crippen LogP contribution in [0.2, 0.25) is 0 Å². The van der Waals surface area contributed by atoms with E-state index in [0.717, 1.165) is 42.8 Å². The molecule has 0 radical (unpaired) electrons. The fraction of sp³-hybridized carbons (Fsp3) is 0.375. The third-order valence-corrected chi connectivity index (χ3v) is 6.24. The molecule has 5 rings (SSSR count). The van der Waals surface area contributed by atoms with Crippen LogP contribution in [0, 0.1) is 5.82 Å². The predicted octanol–water partition coefficient (Wildman–Crippen LogP) is 3.16. The van der Waals surface area contributed by atoms with Gasteiger partial charge in [0.25, 0.3) is 5.91 Å². The van der Waals surface area contributed by atoms with E-state index in [1.165, 1.54) is 12.1 Å². The largest absolute Gasteiger partial charge is 0.338 e. The summed E-state index contributed by atoms with van der Waals surface area (Å²) >= 11 is 0. The zero-order chi connectivity index (χ0) is 23.7. The lowest BCUT2D eigenvalue weighted by molar-refractivity contribution is 0.102. The zero-order valence-electron chi connectivity index (χ0n) is 19.0. The first-order valence-corrected chi connectivity index (χ1v) is 11.6. The van der Waals surface area contributed by atoms with Crippen molar-refractivity contribution >= 4 is 17.8 Å². The molecule has 10 heteroatoms. The van der Waals surface area contributed by atoms with Gasteiger partial charge in [-0.1, -0.05) is 6.07 Å². The normalized spacial score (nSPS) is 14.8. The van der Waals surface area contributed by atoms with Crippen LogP contribution >= 0.6 is 0 Å². The monoisotopic (exact) mass is 463 g/mol. The highest BCUT2D eigenvalue weighted by molar-refractivity contribution is 6.04. The van der Waals surface area contributed by atoms with Crippen LogP contribution in [0.3, 0.4) is 0 Å². The molecule has 9 nitrogen and oxygen atoms in total. The van der Waals surface area contributed by atoms with Gasteiger partial charge in [-0.25, -0.2) is 14.2 Å². The van der Waals surface area contributed by atoms with Gasteiger partial charge in [-0.2, -0.15) is 0 Å². The highest BCUT2D eigenvalue weighted by atomic mass is 19.1. The summed E-state index contributed by atoms with van der Waals surface area (Å²) in [4.78, 5) is 31.3. The fourth-order valence-electron chi connectivity index (χ4n) is 4.50. The molecule has 0 aliphatic carbocycles. The van der Waals surface area contributed by atoms with E-state index < -0.39 is 11.7 Å². The van der Waals surface area contributed by atoms with Gasteiger partial charge in [0.05, 0.1) is 5.56 Å². The second-order valence-corrected chi connectivity index (χ2v) is 8.52. The van der Waals surface area contributed by atoms with Crippen molar-refractivity contribution in [3.05, 3.63) is 58.7 Å². The standard InChI is InChI=1S/C24H26FN7O2/c1-2-26-24(34)31-11-9-15-13-18(25)17(12-16(15)14-31)23(33)28-20-7-5-6-19(27-20)22-30-29-21-8-3-4-10-32(21)22/h5-7,12-13H,2-4,8-11,14H2,1H3,(H,26,34)(H,27,28,33). The number of fused-ring (bicyclic) bond motifs is 2. The summed E-state index contributed by atoms with van der Waals surface area (Å²) in [6.45, 7) is 4.06. The highest BCUT2D eigenvalue weighted by Crippen LogP contribution is 2.25. The van der Waals surface area contributed by atoms with Gasteiger partial charge >= 0.3 is 6.03 Å². The van der Waals surface area contributed by atoms with Crippen molar-refractivity contribution in [2.75, 3.05) is 18.4 Å². The van der Waals surface area contributed by atoms with Crippen molar-refractivity contribution in [2.45, 2.75) is 45.7 Å². The molecule has 2 aliphatic heterocycles. The van der Waals surface area contributed by atoms with Gasteiger partial charge in [0.1, 0.15) is 23.2 Å². The Morgan fingerprint density at radius 2 is 1.97 bits per heavy atom. The second kappa shape index (κ2) is 9.20. The number of aryl methyl sites for hydroxylation is 1. The molecule has 3 aromatic rings. The number of rotatable bonds is 4. The van der Waals surface area contributed by atoms with Crippen molar-refractivity contribution in [1.82, 2.24) is 30.0 Å². The number of hydrogen-bond donors (Lipinski definition) is 2. The molecule has 2 aromatic heterocycles. The molecule has 4 heterocycles. The van der Waals surface area contributed by atoms with Crippen molar-refractivity contribution in [3.8, 4) is 11.5 Å². The summed E-state index contributed by atoms with van der Waals surface area (Å²) in [7, 11) is 0. The molecule has 0 fully saturated rings. The summed E-state index contributed by atoms with van der Waals surface area (Å²) in [6, 6.07) is 8.00. The number of pyridine rings is 1. The van der Waals surface area contributed by atoms with Crippen LogP contribution in [-0.4, -0.2) is 49.7 Å². The Morgan fingerprint density at radius 3 is 2.82 bits per heavy atom. The predicted molar refractivity (Wildman–Crippen MR) is 124 cm³/mol. The summed E-state index contributed by atoms with van der Waals surface area (Å²) in [5.41, 5.74) is 2.10. The quantitative estimate of drug-likeness (QED) is 0.619. The summed E-state index contributed by atoms with van der Waals surface area (Å²) < 4.78 is 16.9. The third-order valence-electron chi connectivity index (χ3n) is 6.24. The van der Waals surface area contributed by atoms with Crippen LogP contribution in [0.5, 0.6) is 0 Å². The lowest BCUT2D eigenvalue weighted by Gasteiger charge is -2.29. The Bertz CT molecular complexity index is 1260. The fourth-order valence-corrected chi connectivity index (χ4v) is 4.50. The van der Waals surface area contributed by atoms with Gasteiger partial charge in [0.15, 0.2) is 5.82 Å². The summed E-state index contributed by atoms with van der Waals surface area (Å²) in [6.07, 6.45) is 3.58. The van der Waals surface area contributed by atoms with E-state index in [-0.39, 0.29) is 11.6 Å². The van der Waals surface area contributed by atoms with E-state index in [4.69, 9.17) is 0 Å². The first kappa shape index (κ1) is 22.0. The summed E-state index contributed by atoms with van der Waals surface area (Å²) in [5.74, 6) is 0.719. The number of aromatic nitrogens is 4. The van der Waals surface area contributed by atoms with E-state index in [0.29, 0.717) is 43.4 Å². The number of carbonyl (C=O) groups excluding carboxylic acids is 2. The number of amides is 3. The SMILES string of the molecule is CCNC(=O)N1CCc2cc(F)c(C(=O)Nc3cccc(-c4nnc5n4CCCC5)n3)cc2C1. The van der Waals surface area contributed by atoms with Crippen LogP contribution in [0.1, 0.15) is 47.1 Å². The van der Waals surface area contributed by atoms with E-state index >= 15 is 0 Å². The van der Waals surface area contributed by atoms with Crippen LogP contribution in [0.25, 0.3) is 11.5 Å². The molecular weight excluding hydrogens is 437 g/mol. The number of carbonyl (C=O) groups is 2. The molecule has 2 N–H and O–H groups in total. The van der Waals surface area contributed by atoms with E-state index in [1.54, 1.807) is 17.0 Å². The molecule has 2 aliphatic rings. The smallest absolute Gasteiger partial charge is 0.317 e. The van der Waals surface area contributed by atoms with Crippen molar-refractivity contribution in [3.63, 3.8) is 0 Å². The number of hydrogen-bond acceptors (Lipinski definition) is 5. The van der Waals surface area contributed by atoms with Gasteiger partial charge in [0, 0.05) is 32.6 Å². The van der Waals surface area contributed by atoms with Gasteiger partial charge in [-0.15, -0.1) is 10.2 Å². The number of halogens is 1. The van der Waals surface area contributed by atoms with Gasteiger partial charge < -0.3 is 20.1 Å². The number of nitrogens with zero attached hydrogens (tertiary/aromatic N) is 5. The van der Waals surface area contributed by atoms with Gasteiger partial charge in [-0.05, 0) is 61.6 Å². The van der Waals surface area contributed by atoms with Crippen LogP contribution in [-0.2, 0) is 25.9 Å². The third kappa shape index (κ3) is 4.23. The van der Waals surface area contributed by atoms with Crippen LogP contribution in [0.15, 0.2) is 30.3 Å². The van der Waals surface area contributed by atoms with Crippen molar-refractivity contribution in [2.24, 2.45) is 0 Å². The highest BCUT2D eigenvalue weighted by Gasteiger charge is 2.24. The zero-order valence-corrected chi connectivity index (χ0v) is 19.0. The Labute approximate surface area is 196 Å². The molecule has 0 atom stereocenters. The number of nitrogens with one attached hydrogen (secondary N) is 2. The summed E-state index contributed by atoms with van der Waals surface area (Å²) in [5, 5.41) is 14.0. The minimum atomic E-state index is -0.594. The van der Waals surface area contributed by atoms with Crippen LogP contribution in [0.4, 0.5) is 15.0 Å². The molecule has 0 spiro atoms. The first-order chi connectivity index (χ1) is 16.5. The van der Waals surface area contributed by atoms with Gasteiger partial charge in [-0.3, -0.25) is 4.79 Å². The van der Waals surface area contributed by atoms with Crippen molar-refractivity contribution < 1.29 is 14.0 Å². The molecule has 0 saturated carbocycles. The maximum Gasteiger partial charge on any atom is 0.317 e. The van der Waals surface area contributed by atoms with E-state index in [2.05, 4.69) is 30.4 Å². The molecule has 0 unspecified atom stereocenters. The molecule has 0 bridgehead atoms. The van der Waals surface area contributed by atoms with E-state index in [1.807, 2.05) is 13.0 Å². The number of benzene rings is 1. The Hall–Kier alpha value is -3.82. The van der Waals surface area contributed by atoms with Crippen LogP contribution < -0.4 is 10.6 Å². The molecule has 0 saturated heterocycles. The Morgan fingerprint density at radius 1 is 1.09 bits per heavy atom. The first-order valence-electron chi connectivity index (χ1n) is 11.6. The Balaban J connectivity index is 1.36. The minimum Gasteiger partial charge on any atom is -0.338 e. The number of urea groups is 1. The van der Waals surface area contributed by atoms with Gasteiger partial charge in [0.2, 0.25) is 0 Å². The molecule has 3 amide bonds. The van der Waals surface area contributed by atoms with E-state index in [9.17, 15) is 14.0 Å². The molecule has 34 heavy (non-hydrogen) atoms. The molecule has 1 aromatic carbocycles. The number of anilines is 1. The second-order valence-electron chi connectivity index (χ2n) is 8.52. The average Bonchev–Trinajstić information content (AvgIpc) is 3.28. The molecule has 176 valence electrons. The topological polar surface area (TPSA) is 105 Å². The lowest BCUT2D eigenvalue weighted by Crippen LogP contribution is -2.42. The maximum atomic E-state index is 14.8. The Kier molecular flexibility index (Phi) is 5.95. The molecular formula is C24H26FN7O2. The lowest BCUT2D eigenvalue weighted by atomic mass is 9.96.